The zero-order chi connectivity index (χ0) is 14.6. The smallest absolute Gasteiger partial charge is 0.355 e. The molecular formula is C11H18N2O5S. The van der Waals surface area contributed by atoms with Gasteiger partial charge in [0.25, 0.3) is 0 Å². The number of nitrogens with one attached hydrogen (secondary N) is 2. The van der Waals surface area contributed by atoms with Gasteiger partial charge in [-0.3, -0.25) is 0 Å². The van der Waals surface area contributed by atoms with Crippen molar-refractivity contribution in [3.63, 3.8) is 0 Å². The van der Waals surface area contributed by atoms with E-state index in [0.717, 1.165) is 0 Å². The summed E-state index contributed by atoms with van der Waals surface area (Å²) in [5, 5.41) is 8.67. The number of aryl methyl sites for hydroxylation is 1. The highest BCUT2D eigenvalue weighted by molar-refractivity contribution is 7.89. The minimum atomic E-state index is -3.76. The van der Waals surface area contributed by atoms with Crippen LogP contribution in [0, 0.1) is 13.8 Å². The van der Waals surface area contributed by atoms with E-state index in [2.05, 4.69) is 9.71 Å². The van der Waals surface area contributed by atoms with Gasteiger partial charge >= 0.3 is 5.97 Å². The second-order valence-electron chi connectivity index (χ2n) is 3.92. The molecule has 0 unspecified atom stereocenters. The molecule has 0 atom stereocenters. The molecule has 1 rings (SSSR count). The number of sulfonamides is 1. The summed E-state index contributed by atoms with van der Waals surface area (Å²) in [5.41, 5.74) is 0.788. The van der Waals surface area contributed by atoms with Crippen LogP contribution in [0.1, 0.15) is 28.7 Å². The highest BCUT2D eigenvalue weighted by atomic mass is 32.2. The van der Waals surface area contributed by atoms with Crippen molar-refractivity contribution in [3.8, 4) is 0 Å². The minimum absolute atomic E-state index is 0.0176. The molecule has 19 heavy (non-hydrogen) atoms. The van der Waals surface area contributed by atoms with E-state index in [4.69, 9.17) is 9.84 Å². The molecule has 0 saturated carbocycles. The summed E-state index contributed by atoms with van der Waals surface area (Å²) in [7, 11) is -3.76. The number of aromatic nitrogens is 1. The number of esters is 1. The predicted molar refractivity (Wildman–Crippen MR) is 68.5 cm³/mol. The molecule has 1 aromatic rings. The van der Waals surface area contributed by atoms with Crippen molar-refractivity contribution in [2.45, 2.75) is 25.7 Å². The van der Waals surface area contributed by atoms with Crippen LogP contribution in [0.4, 0.5) is 0 Å². The maximum absolute atomic E-state index is 12.0. The Balaban J connectivity index is 3.20. The number of carbonyl (C=O) groups is 1. The Morgan fingerprint density at radius 2 is 2.05 bits per heavy atom. The van der Waals surface area contributed by atoms with Gasteiger partial charge in [-0.2, -0.15) is 0 Å². The van der Waals surface area contributed by atoms with Crippen LogP contribution in [0.3, 0.4) is 0 Å². The number of hydrogen-bond donors (Lipinski definition) is 3. The van der Waals surface area contributed by atoms with Gasteiger partial charge in [0.15, 0.2) is 0 Å². The summed E-state index contributed by atoms with van der Waals surface area (Å²) in [5.74, 6) is -0.591. The largest absolute Gasteiger partial charge is 0.461 e. The quantitative estimate of drug-likeness (QED) is 0.643. The molecule has 0 fully saturated rings. The van der Waals surface area contributed by atoms with Gasteiger partial charge in [-0.25, -0.2) is 17.9 Å². The number of H-pyrrole nitrogens is 1. The highest BCUT2D eigenvalue weighted by Gasteiger charge is 2.26. The van der Waals surface area contributed by atoms with Crippen molar-refractivity contribution >= 4 is 16.0 Å². The normalized spacial score (nSPS) is 11.6. The van der Waals surface area contributed by atoms with Crippen molar-refractivity contribution in [2.24, 2.45) is 0 Å². The molecule has 0 aromatic carbocycles. The highest BCUT2D eigenvalue weighted by Crippen LogP contribution is 2.23. The third-order valence-corrected chi connectivity index (χ3v) is 4.25. The molecule has 8 heteroatoms. The van der Waals surface area contributed by atoms with E-state index in [9.17, 15) is 13.2 Å². The topological polar surface area (TPSA) is 108 Å². The summed E-state index contributed by atoms with van der Waals surface area (Å²) in [4.78, 5) is 14.4. The second-order valence-corrected chi connectivity index (χ2v) is 5.62. The lowest BCUT2D eigenvalue weighted by molar-refractivity contribution is 0.0519. The van der Waals surface area contributed by atoms with Gasteiger partial charge in [0, 0.05) is 17.8 Å². The Bertz CT molecular complexity index is 562. The van der Waals surface area contributed by atoms with E-state index >= 15 is 0 Å². The zero-order valence-corrected chi connectivity index (χ0v) is 11.9. The lowest BCUT2D eigenvalue weighted by atomic mass is 10.2. The van der Waals surface area contributed by atoms with Crippen LogP contribution >= 0.6 is 0 Å². The van der Waals surface area contributed by atoms with E-state index in [-0.39, 0.29) is 30.3 Å². The molecule has 0 aliphatic rings. The number of aliphatic hydroxyl groups excluding tert-OH is 1. The molecule has 7 nitrogen and oxygen atoms in total. The molecule has 0 spiro atoms. The Kier molecular flexibility index (Phi) is 5.10. The number of ether oxygens (including phenoxy) is 1. The first-order valence-corrected chi connectivity index (χ1v) is 7.30. The third kappa shape index (κ3) is 3.34. The Hall–Kier alpha value is -1.38. The average molecular weight is 290 g/mol. The standard InChI is InChI=1S/C11H18N2O5S/c1-4-18-11(15)9-7(2)10(8(3)13-9)19(16,17)12-5-6-14/h12-14H,4-6H2,1-3H3. The number of carbonyl (C=O) groups excluding carboxylic acids is 1. The van der Waals surface area contributed by atoms with Crippen LogP contribution in [0.25, 0.3) is 0 Å². The van der Waals surface area contributed by atoms with Crippen molar-refractivity contribution in [1.29, 1.82) is 0 Å². The first kappa shape index (κ1) is 15.7. The van der Waals surface area contributed by atoms with Crippen LogP contribution in [0.5, 0.6) is 0 Å². The van der Waals surface area contributed by atoms with Crippen LogP contribution in [-0.2, 0) is 14.8 Å². The monoisotopic (exact) mass is 290 g/mol. The SMILES string of the molecule is CCOC(=O)c1[nH]c(C)c(S(=O)(=O)NCCO)c1C. The average Bonchev–Trinajstić information content (AvgIpc) is 2.63. The summed E-state index contributed by atoms with van der Waals surface area (Å²) in [6.07, 6.45) is 0. The van der Waals surface area contributed by atoms with Crippen LogP contribution in [0.2, 0.25) is 0 Å². The zero-order valence-electron chi connectivity index (χ0n) is 11.1. The summed E-state index contributed by atoms with van der Waals surface area (Å²) >= 11 is 0. The van der Waals surface area contributed by atoms with Gasteiger partial charge < -0.3 is 14.8 Å². The number of aliphatic hydroxyl groups is 1. The second kappa shape index (κ2) is 6.18. The van der Waals surface area contributed by atoms with E-state index in [1.807, 2.05) is 0 Å². The Morgan fingerprint density at radius 1 is 1.42 bits per heavy atom. The molecule has 1 heterocycles. The van der Waals surface area contributed by atoms with E-state index in [1.165, 1.54) is 6.92 Å². The first-order valence-electron chi connectivity index (χ1n) is 5.82. The first-order chi connectivity index (χ1) is 8.85. The van der Waals surface area contributed by atoms with Gasteiger partial charge in [-0.1, -0.05) is 0 Å². The molecule has 0 bridgehead atoms. The predicted octanol–water partition coefficient (Wildman–Crippen LogP) is 0.0788. The van der Waals surface area contributed by atoms with E-state index < -0.39 is 16.0 Å². The molecule has 3 N–H and O–H groups in total. The lowest BCUT2D eigenvalue weighted by Gasteiger charge is -2.06. The summed E-state index contributed by atoms with van der Waals surface area (Å²) in [6, 6.07) is 0. The van der Waals surface area contributed by atoms with Gasteiger partial charge in [-0.15, -0.1) is 0 Å². The van der Waals surface area contributed by atoms with Gasteiger partial charge in [0.05, 0.1) is 13.2 Å². The molecule has 108 valence electrons. The number of aromatic amines is 1. The van der Waals surface area contributed by atoms with E-state index in [0.29, 0.717) is 11.3 Å². The fourth-order valence-corrected chi connectivity index (χ4v) is 3.26. The number of rotatable bonds is 6. The molecule has 1 aromatic heterocycles. The molecule has 0 saturated heterocycles. The number of hydrogen-bond acceptors (Lipinski definition) is 5. The van der Waals surface area contributed by atoms with Crippen LogP contribution < -0.4 is 4.72 Å². The minimum Gasteiger partial charge on any atom is -0.461 e. The molecule has 0 amide bonds. The van der Waals surface area contributed by atoms with Gasteiger partial charge in [0.1, 0.15) is 10.6 Å². The maximum Gasteiger partial charge on any atom is 0.355 e. The third-order valence-electron chi connectivity index (χ3n) is 2.52. The van der Waals surface area contributed by atoms with Crippen LogP contribution in [-0.4, -0.2) is 44.2 Å². The lowest BCUT2D eigenvalue weighted by Crippen LogP contribution is -2.27. The maximum atomic E-state index is 12.0. The molecule has 0 aliphatic carbocycles. The van der Waals surface area contributed by atoms with Crippen molar-refractivity contribution in [3.05, 3.63) is 17.0 Å². The van der Waals surface area contributed by atoms with Crippen molar-refractivity contribution in [1.82, 2.24) is 9.71 Å². The Morgan fingerprint density at radius 3 is 2.58 bits per heavy atom. The fourth-order valence-electron chi connectivity index (χ4n) is 1.80. The van der Waals surface area contributed by atoms with Crippen molar-refractivity contribution < 1.29 is 23.1 Å². The van der Waals surface area contributed by atoms with Crippen LogP contribution in [0.15, 0.2) is 4.90 Å². The molecule has 0 aliphatic heterocycles. The molecule has 0 radical (unpaired) electrons. The summed E-state index contributed by atoms with van der Waals surface area (Å²) < 4.78 is 31.2. The van der Waals surface area contributed by atoms with Gasteiger partial charge in [0.2, 0.25) is 10.0 Å². The Labute approximate surface area is 112 Å². The molecular weight excluding hydrogens is 272 g/mol. The van der Waals surface area contributed by atoms with Gasteiger partial charge in [-0.05, 0) is 20.8 Å². The van der Waals surface area contributed by atoms with Crippen molar-refractivity contribution in [2.75, 3.05) is 19.8 Å². The van der Waals surface area contributed by atoms with E-state index in [1.54, 1.807) is 13.8 Å². The fraction of sp³-hybridized carbons (Fsp3) is 0.545. The summed E-state index contributed by atoms with van der Waals surface area (Å²) in [6.45, 7) is 4.59.